The second-order valence-electron chi connectivity index (χ2n) is 6.40. The average Bonchev–Trinajstić information content (AvgIpc) is 3.32. The van der Waals surface area contributed by atoms with Crippen LogP contribution in [0.3, 0.4) is 0 Å². The summed E-state index contributed by atoms with van der Waals surface area (Å²) in [5.41, 5.74) is 2.62. The van der Waals surface area contributed by atoms with E-state index in [4.69, 9.17) is 0 Å². The molecule has 3 unspecified atom stereocenters. The number of nitrogens with zero attached hydrogens (tertiary/aromatic N) is 5. The molecule has 3 atom stereocenters. The van der Waals surface area contributed by atoms with Crippen LogP contribution in [0.15, 0.2) is 31.0 Å². The van der Waals surface area contributed by atoms with Crippen molar-refractivity contribution >= 4 is 11.0 Å². The third-order valence-corrected chi connectivity index (χ3v) is 4.94. The number of aromatic amines is 1. The van der Waals surface area contributed by atoms with Crippen molar-refractivity contribution < 1.29 is 0 Å². The molecule has 0 bridgehead atoms. The highest BCUT2D eigenvalue weighted by molar-refractivity contribution is 5.89. The predicted octanol–water partition coefficient (Wildman–Crippen LogP) is 2.13. The van der Waals surface area contributed by atoms with Gasteiger partial charge in [0.2, 0.25) is 0 Å². The maximum absolute atomic E-state index is 9.25. The van der Waals surface area contributed by atoms with Gasteiger partial charge in [-0.25, -0.2) is 9.97 Å². The minimum Gasteiger partial charge on any atom is -0.346 e. The van der Waals surface area contributed by atoms with Gasteiger partial charge in [0.05, 0.1) is 30.4 Å². The molecule has 4 rings (SSSR count). The highest BCUT2D eigenvalue weighted by Gasteiger charge is 2.32. The zero-order chi connectivity index (χ0) is 16.5. The minimum atomic E-state index is 0.0808. The Labute approximate surface area is 139 Å². The Morgan fingerprint density at radius 2 is 2.33 bits per heavy atom. The SMILES string of the molecule is CC1CNCC1C(CC#N)n1cc(-c2ncnc3[nH]ccc23)cn1. The van der Waals surface area contributed by atoms with Crippen LogP contribution in [0.1, 0.15) is 19.4 Å². The van der Waals surface area contributed by atoms with Crippen LogP contribution in [0.25, 0.3) is 22.3 Å². The summed E-state index contributed by atoms with van der Waals surface area (Å²) in [7, 11) is 0. The first-order valence-electron chi connectivity index (χ1n) is 8.18. The molecule has 1 saturated heterocycles. The standard InChI is InChI=1S/C17H19N7/c1-11-6-19-8-14(11)15(2-4-18)24-9-12(7-23-24)16-13-3-5-20-17(13)22-10-21-16/h3,5,7,9-11,14-15,19H,2,6,8H2,1H3,(H,20,21,22). The summed E-state index contributed by atoms with van der Waals surface area (Å²) in [4.78, 5) is 11.7. The quantitative estimate of drug-likeness (QED) is 0.767. The van der Waals surface area contributed by atoms with Gasteiger partial charge in [-0.05, 0) is 24.4 Å². The third-order valence-electron chi connectivity index (χ3n) is 4.94. The molecule has 3 aromatic rings. The molecule has 1 aliphatic heterocycles. The number of nitriles is 1. The summed E-state index contributed by atoms with van der Waals surface area (Å²) in [5, 5.41) is 18.2. The average molecular weight is 321 g/mol. The van der Waals surface area contributed by atoms with E-state index in [0.29, 0.717) is 18.3 Å². The molecule has 122 valence electrons. The van der Waals surface area contributed by atoms with Gasteiger partial charge >= 0.3 is 0 Å². The molecular formula is C17H19N7. The normalized spacial score (nSPS) is 21.8. The molecule has 7 heteroatoms. The summed E-state index contributed by atoms with van der Waals surface area (Å²) in [6.45, 7) is 4.15. The maximum Gasteiger partial charge on any atom is 0.141 e. The van der Waals surface area contributed by atoms with Gasteiger partial charge in [-0.2, -0.15) is 10.4 Å². The lowest BCUT2D eigenvalue weighted by molar-refractivity contribution is 0.278. The van der Waals surface area contributed by atoms with E-state index in [2.05, 4.69) is 38.4 Å². The van der Waals surface area contributed by atoms with Crippen LogP contribution in [0.4, 0.5) is 0 Å². The second kappa shape index (κ2) is 6.06. The highest BCUT2D eigenvalue weighted by Crippen LogP contribution is 2.32. The summed E-state index contributed by atoms with van der Waals surface area (Å²) in [5.74, 6) is 0.946. The van der Waals surface area contributed by atoms with Crippen LogP contribution in [-0.4, -0.2) is 37.8 Å². The number of nitrogens with one attached hydrogen (secondary N) is 2. The van der Waals surface area contributed by atoms with Gasteiger partial charge in [0.15, 0.2) is 0 Å². The molecule has 3 aromatic heterocycles. The number of H-pyrrole nitrogens is 1. The molecule has 7 nitrogen and oxygen atoms in total. The molecule has 0 aliphatic carbocycles. The van der Waals surface area contributed by atoms with Crippen molar-refractivity contribution in [3.63, 3.8) is 0 Å². The van der Waals surface area contributed by atoms with Crippen LogP contribution in [-0.2, 0) is 0 Å². The molecule has 0 amide bonds. The summed E-state index contributed by atoms with van der Waals surface area (Å²) in [6.07, 6.45) is 7.70. The number of fused-ring (bicyclic) bond motifs is 1. The predicted molar refractivity (Wildman–Crippen MR) is 89.9 cm³/mol. The van der Waals surface area contributed by atoms with Crippen molar-refractivity contribution in [3.05, 3.63) is 31.0 Å². The van der Waals surface area contributed by atoms with E-state index in [1.807, 2.05) is 29.3 Å². The van der Waals surface area contributed by atoms with E-state index >= 15 is 0 Å². The zero-order valence-electron chi connectivity index (χ0n) is 13.5. The molecule has 0 radical (unpaired) electrons. The largest absolute Gasteiger partial charge is 0.346 e. The molecule has 0 aromatic carbocycles. The van der Waals surface area contributed by atoms with Gasteiger partial charge in [0.1, 0.15) is 12.0 Å². The fourth-order valence-corrected chi connectivity index (χ4v) is 3.62. The van der Waals surface area contributed by atoms with Crippen LogP contribution >= 0.6 is 0 Å². The van der Waals surface area contributed by atoms with Crippen molar-refractivity contribution in [2.45, 2.75) is 19.4 Å². The number of hydrogen-bond acceptors (Lipinski definition) is 5. The van der Waals surface area contributed by atoms with Crippen molar-refractivity contribution in [1.29, 1.82) is 5.26 Å². The lowest BCUT2D eigenvalue weighted by Gasteiger charge is -2.24. The fraction of sp³-hybridized carbons (Fsp3) is 0.412. The Kier molecular flexibility index (Phi) is 3.75. The Morgan fingerprint density at radius 3 is 3.12 bits per heavy atom. The van der Waals surface area contributed by atoms with Crippen LogP contribution in [0.5, 0.6) is 0 Å². The first-order valence-corrected chi connectivity index (χ1v) is 8.18. The number of rotatable bonds is 4. The molecule has 1 aliphatic rings. The molecule has 4 heterocycles. The minimum absolute atomic E-state index is 0.0808. The second-order valence-corrected chi connectivity index (χ2v) is 6.40. The maximum atomic E-state index is 9.25. The summed E-state index contributed by atoms with van der Waals surface area (Å²) >= 11 is 0. The molecular weight excluding hydrogens is 302 g/mol. The van der Waals surface area contributed by atoms with Gasteiger partial charge < -0.3 is 10.3 Å². The van der Waals surface area contributed by atoms with Crippen molar-refractivity contribution in [1.82, 2.24) is 30.0 Å². The first kappa shape index (κ1) is 14.8. The van der Waals surface area contributed by atoms with Gasteiger partial charge in [-0.3, -0.25) is 4.68 Å². The zero-order valence-corrected chi connectivity index (χ0v) is 13.5. The molecule has 0 spiro atoms. The van der Waals surface area contributed by atoms with E-state index in [1.165, 1.54) is 0 Å². The topological polar surface area (TPSA) is 95.2 Å². The summed E-state index contributed by atoms with van der Waals surface area (Å²) in [6, 6.07) is 4.37. The number of aromatic nitrogens is 5. The van der Waals surface area contributed by atoms with Gasteiger partial charge in [0, 0.05) is 29.9 Å². The smallest absolute Gasteiger partial charge is 0.141 e. The number of hydrogen-bond donors (Lipinski definition) is 2. The van der Waals surface area contributed by atoms with Gasteiger partial charge in [0.25, 0.3) is 0 Å². The molecule has 2 N–H and O–H groups in total. The molecule has 1 fully saturated rings. The van der Waals surface area contributed by atoms with Crippen molar-refractivity contribution in [3.8, 4) is 17.3 Å². The Balaban J connectivity index is 1.70. The van der Waals surface area contributed by atoms with E-state index in [-0.39, 0.29) is 6.04 Å². The van der Waals surface area contributed by atoms with E-state index in [0.717, 1.165) is 35.4 Å². The van der Waals surface area contributed by atoms with E-state index in [1.54, 1.807) is 6.33 Å². The van der Waals surface area contributed by atoms with E-state index < -0.39 is 0 Å². The van der Waals surface area contributed by atoms with E-state index in [9.17, 15) is 5.26 Å². The fourth-order valence-electron chi connectivity index (χ4n) is 3.62. The van der Waals surface area contributed by atoms with Crippen molar-refractivity contribution in [2.24, 2.45) is 11.8 Å². The highest BCUT2D eigenvalue weighted by atomic mass is 15.3. The lowest BCUT2D eigenvalue weighted by atomic mass is 9.89. The van der Waals surface area contributed by atoms with Crippen molar-refractivity contribution in [2.75, 3.05) is 13.1 Å². The molecule has 0 saturated carbocycles. The van der Waals surface area contributed by atoms with Gasteiger partial charge in [-0.15, -0.1) is 0 Å². The van der Waals surface area contributed by atoms with Crippen LogP contribution < -0.4 is 5.32 Å². The summed E-state index contributed by atoms with van der Waals surface area (Å²) < 4.78 is 1.94. The Morgan fingerprint density at radius 1 is 1.42 bits per heavy atom. The third kappa shape index (κ3) is 2.45. The monoisotopic (exact) mass is 321 g/mol. The Bertz CT molecular complexity index is 888. The Hall–Kier alpha value is -2.72. The lowest BCUT2D eigenvalue weighted by Crippen LogP contribution is -2.25. The first-order chi connectivity index (χ1) is 11.8. The van der Waals surface area contributed by atoms with Gasteiger partial charge in [-0.1, -0.05) is 6.92 Å². The molecule has 24 heavy (non-hydrogen) atoms. The van der Waals surface area contributed by atoms with Crippen LogP contribution in [0, 0.1) is 23.2 Å². The van der Waals surface area contributed by atoms with Crippen LogP contribution in [0.2, 0.25) is 0 Å².